The zero-order chi connectivity index (χ0) is 20.9. The van der Waals surface area contributed by atoms with Crippen molar-refractivity contribution in [1.29, 1.82) is 0 Å². The van der Waals surface area contributed by atoms with Crippen LogP contribution in [0.3, 0.4) is 0 Å². The number of carbonyl (C=O) groups excluding carboxylic acids is 1. The van der Waals surface area contributed by atoms with Crippen LogP contribution >= 0.6 is 0 Å². The maximum Gasteiger partial charge on any atom is 0.226 e. The Morgan fingerprint density at radius 1 is 1.25 bits per heavy atom. The molecule has 0 aliphatic rings. The van der Waals surface area contributed by atoms with E-state index in [4.69, 9.17) is 10.2 Å². The predicted octanol–water partition coefficient (Wildman–Crippen LogP) is 3.67. The molecule has 1 amide bonds. The molecular weight excluding hydrogens is 359 g/mol. The second-order valence-corrected chi connectivity index (χ2v) is 8.21. The molecule has 28 heavy (non-hydrogen) atoms. The minimum Gasteiger partial charge on any atom is -0.444 e. The molecule has 0 radical (unpaired) electrons. The third-order valence-corrected chi connectivity index (χ3v) is 4.89. The fourth-order valence-electron chi connectivity index (χ4n) is 2.61. The zero-order valence-corrected chi connectivity index (χ0v) is 17.2. The molecule has 1 aromatic carbocycles. The first-order valence-corrected chi connectivity index (χ1v) is 9.26. The molecule has 3 N–H and O–H groups in total. The summed E-state index contributed by atoms with van der Waals surface area (Å²) in [6.07, 6.45) is 2.76. The van der Waals surface area contributed by atoms with Crippen molar-refractivity contribution in [2.45, 2.75) is 46.0 Å². The molecule has 2 aromatic rings. The number of hydrogen-bond acceptors (Lipinski definition) is 4. The van der Waals surface area contributed by atoms with Gasteiger partial charge in [-0.1, -0.05) is 27.7 Å². The number of aromatic nitrogens is 1. The Labute approximate surface area is 165 Å². The number of carbonyl (C=O) groups is 1. The Bertz CT molecular complexity index is 838. The number of amides is 1. The van der Waals surface area contributed by atoms with Crippen molar-refractivity contribution < 1.29 is 13.6 Å². The summed E-state index contributed by atoms with van der Waals surface area (Å²) < 4.78 is 18.6. The molecule has 1 heterocycles. The number of aliphatic imine (C=N–C) groups is 1. The SMILES string of the molecule is CN=C(N)CCC(C)(C)C(=O)NCC(C)(C)c1coc(-c2ccc(F)cc2)n1. The van der Waals surface area contributed by atoms with E-state index in [9.17, 15) is 9.18 Å². The van der Waals surface area contributed by atoms with E-state index in [2.05, 4.69) is 15.3 Å². The average Bonchev–Trinajstić information content (AvgIpc) is 3.16. The number of hydrogen-bond donors (Lipinski definition) is 2. The summed E-state index contributed by atoms with van der Waals surface area (Å²) in [6, 6.07) is 5.96. The van der Waals surface area contributed by atoms with Gasteiger partial charge in [-0.25, -0.2) is 9.37 Å². The van der Waals surface area contributed by atoms with Crippen molar-refractivity contribution in [2.75, 3.05) is 13.6 Å². The lowest BCUT2D eigenvalue weighted by Crippen LogP contribution is -2.43. The second-order valence-electron chi connectivity index (χ2n) is 8.21. The van der Waals surface area contributed by atoms with Gasteiger partial charge in [0.15, 0.2) is 0 Å². The van der Waals surface area contributed by atoms with E-state index in [1.54, 1.807) is 25.4 Å². The third kappa shape index (κ3) is 5.41. The van der Waals surface area contributed by atoms with Gasteiger partial charge in [-0.15, -0.1) is 0 Å². The van der Waals surface area contributed by atoms with Crippen molar-refractivity contribution in [3.63, 3.8) is 0 Å². The summed E-state index contributed by atoms with van der Waals surface area (Å²) in [5.41, 5.74) is 6.16. The molecule has 0 saturated carbocycles. The predicted molar refractivity (Wildman–Crippen MR) is 108 cm³/mol. The highest BCUT2D eigenvalue weighted by molar-refractivity contribution is 5.84. The lowest BCUT2D eigenvalue weighted by atomic mass is 9.85. The Balaban J connectivity index is 2.01. The molecular formula is C21H29FN4O2. The van der Waals surface area contributed by atoms with E-state index in [1.807, 2.05) is 27.7 Å². The number of benzene rings is 1. The summed E-state index contributed by atoms with van der Waals surface area (Å²) in [7, 11) is 1.64. The average molecular weight is 388 g/mol. The quantitative estimate of drug-likeness (QED) is 0.533. The highest BCUT2D eigenvalue weighted by atomic mass is 19.1. The maximum atomic E-state index is 13.1. The van der Waals surface area contributed by atoms with Crippen LogP contribution in [0.2, 0.25) is 0 Å². The molecule has 0 bridgehead atoms. The van der Waals surface area contributed by atoms with Crippen LogP contribution in [0, 0.1) is 11.2 Å². The number of nitrogens with zero attached hydrogens (tertiary/aromatic N) is 2. The van der Waals surface area contributed by atoms with Gasteiger partial charge in [0, 0.05) is 36.4 Å². The van der Waals surface area contributed by atoms with Gasteiger partial charge >= 0.3 is 0 Å². The van der Waals surface area contributed by atoms with E-state index in [0.29, 0.717) is 42.4 Å². The summed E-state index contributed by atoms with van der Waals surface area (Å²) in [5, 5.41) is 3.01. The molecule has 7 heteroatoms. The van der Waals surface area contributed by atoms with Gasteiger partial charge in [0.05, 0.1) is 11.5 Å². The molecule has 0 aliphatic heterocycles. The minimum absolute atomic E-state index is 0.0493. The summed E-state index contributed by atoms with van der Waals surface area (Å²) in [6.45, 7) is 8.15. The van der Waals surface area contributed by atoms with Crippen LogP contribution in [-0.2, 0) is 10.2 Å². The Hall–Kier alpha value is -2.70. The van der Waals surface area contributed by atoms with Crippen LogP contribution in [0.15, 0.2) is 39.9 Å². The van der Waals surface area contributed by atoms with Gasteiger partial charge in [-0.2, -0.15) is 0 Å². The first-order chi connectivity index (χ1) is 13.0. The molecule has 6 nitrogen and oxygen atoms in total. The highest BCUT2D eigenvalue weighted by Crippen LogP contribution is 2.27. The fraction of sp³-hybridized carbons (Fsp3) is 0.476. The molecule has 152 valence electrons. The summed E-state index contributed by atoms with van der Waals surface area (Å²) >= 11 is 0. The van der Waals surface area contributed by atoms with Gasteiger partial charge in [0.1, 0.15) is 12.1 Å². The molecule has 0 fully saturated rings. The number of nitrogens with two attached hydrogens (primary N) is 1. The van der Waals surface area contributed by atoms with Crippen LogP contribution in [0.5, 0.6) is 0 Å². The molecule has 0 aliphatic carbocycles. The number of rotatable bonds is 8. The number of nitrogens with one attached hydrogen (secondary N) is 1. The fourth-order valence-corrected chi connectivity index (χ4v) is 2.61. The maximum absolute atomic E-state index is 13.1. The van der Waals surface area contributed by atoms with E-state index >= 15 is 0 Å². The molecule has 0 unspecified atom stereocenters. The van der Waals surface area contributed by atoms with E-state index in [1.165, 1.54) is 12.1 Å². The Morgan fingerprint density at radius 3 is 2.50 bits per heavy atom. The van der Waals surface area contributed by atoms with Gasteiger partial charge < -0.3 is 15.5 Å². The number of amidine groups is 1. The van der Waals surface area contributed by atoms with Gasteiger partial charge in [-0.05, 0) is 30.7 Å². The largest absolute Gasteiger partial charge is 0.444 e. The summed E-state index contributed by atoms with van der Waals surface area (Å²) in [4.78, 5) is 21.1. The molecule has 0 atom stereocenters. The Kier molecular flexibility index (Phi) is 6.59. The van der Waals surface area contributed by atoms with Crippen LogP contribution in [-0.4, -0.2) is 30.3 Å². The lowest BCUT2D eigenvalue weighted by Gasteiger charge is -2.27. The third-order valence-electron chi connectivity index (χ3n) is 4.89. The van der Waals surface area contributed by atoms with Crippen LogP contribution < -0.4 is 11.1 Å². The Morgan fingerprint density at radius 2 is 1.89 bits per heavy atom. The lowest BCUT2D eigenvalue weighted by molar-refractivity contribution is -0.129. The minimum atomic E-state index is -0.561. The van der Waals surface area contributed by atoms with Crippen molar-refractivity contribution in [3.8, 4) is 11.5 Å². The molecule has 0 spiro atoms. The monoisotopic (exact) mass is 388 g/mol. The second kappa shape index (κ2) is 8.54. The van der Waals surface area contributed by atoms with Crippen molar-refractivity contribution in [3.05, 3.63) is 42.0 Å². The van der Waals surface area contributed by atoms with Crippen molar-refractivity contribution in [1.82, 2.24) is 10.3 Å². The van der Waals surface area contributed by atoms with Crippen LogP contribution in [0.25, 0.3) is 11.5 Å². The highest BCUT2D eigenvalue weighted by Gasteiger charge is 2.31. The first kappa shape index (κ1) is 21.6. The van der Waals surface area contributed by atoms with Gasteiger partial charge in [0.25, 0.3) is 0 Å². The van der Waals surface area contributed by atoms with Crippen LogP contribution in [0.4, 0.5) is 4.39 Å². The summed E-state index contributed by atoms with van der Waals surface area (Å²) in [5.74, 6) is 0.598. The smallest absolute Gasteiger partial charge is 0.226 e. The van der Waals surface area contributed by atoms with Crippen molar-refractivity contribution >= 4 is 11.7 Å². The molecule has 1 aromatic heterocycles. The van der Waals surface area contributed by atoms with E-state index < -0.39 is 10.8 Å². The number of halogens is 1. The van der Waals surface area contributed by atoms with Gasteiger partial charge in [0.2, 0.25) is 11.8 Å². The van der Waals surface area contributed by atoms with Gasteiger partial charge in [-0.3, -0.25) is 9.79 Å². The molecule has 2 rings (SSSR count). The number of oxazole rings is 1. The topological polar surface area (TPSA) is 93.5 Å². The van der Waals surface area contributed by atoms with Crippen LogP contribution in [0.1, 0.15) is 46.2 Å². The first-order valence-electron chi connectivity index (χ1n) is 9.26. The van der Waals surface area contributed by atoms with Crippen molar-refractivity contribution in [2.24, 2.45) is 16.1 Å². The van der Waals surface area contributed by atoms with E-state index in [-0.39, 0.29) is 11.7 Å². The normalized spacial score (nSPS) is 12.9. The molecule has 0 saturated heterocycles. The standard InChI is InChI=1S/C21H29FN4O2/c1-20(2,11-10-17(23)24-5)19(27)25-13-21(3,4)16-12-28-18(26-16)14-6-8-15(22)9-7-14/h6-9,12H,10-11,13H2,1-5H3,(H2,23,24)(H,25,27). The zero-order valence-electron chi connectivity index (χ0n) is 17.2. The van der Waals surface area contributed by atoms with E-state index in [0.717, 1.165) is 0 Å².